The van der Waals surface area contributed by atoms with Crippen molar-refractivity contribution in [2.45, 2.75) is 38.1 Å². The molecule has 1 unspecified atom stereocenters. The van der Waals surface area contributed by atoms with Crippen LogP contribution in [0.4, 0.5) is 0 Å². The Kier molecular flexibility index (Phi) is 12.9. The van der Waals surface area contributed by atoms with Crippen molar-refractivity contribution in [3.05, 3.63) is 126 Å². The average molecular weight is 541 g/mol. The van der Waals surface area contributed by atoms with E-state index < -0.39 is 0 Å². The first-order valence-corrected chi connectivity index (χ1v) is 14.4. The van der Waals surface area contributed by atoms with Gasteiger partial charge in [0.2, 0.25) is 0 Å². The third kappa shape index (κ3) is 11.0. The predicted octanol–water partition coefficient (Wildman–Crippen LogP) is 3.00. The fraction of sp³-hybridized carbons (Fsp3) is 0.364. The number of nitrogens with zero attached hydrogens (tertiary/aromatic N) is 2. The van der Waals surface area contributed by atoms with E-state index in [9.17, 15) is 5.11 Å². The smallest absolute Gasteiger partial charge is 0.0587 e. The Balaban J connectivity index is 1.24. The zero-order valence-electron chi connectivity index (χ0n) is 23.4. The summed E-state index contributed by atoms with van der Waals surface area (Å²) >= 11 is 0. The molecule has 0 aliphatic carbocycles. The number of aromatic nitrogens is 1. The molecule has 7 heteroatoms. The van der Waals surface area contributed by atoms with Crippen LogP contribution in [0.15, 0.2) is 103 Å². The summed E-state index contributed by atoms with van der Waals surface area (Å²) in [6.07, 6.45) is 11.0. The van der Waals surface area contributed by atoms with Crippen LogP contribution in [-0.2, 0) is 26.1 Å². The van der Waals surface area contributed by atoms with Crippen LogP contribution in [0, 0.1) is 0 Å². The Morgan fingerprint density at radius 2 is 1.60 bits per heavy atom. The Morgan fingerprint density at radius 3 is 2.33 bits per heavy atom. The van der Waals surface area contributed by atoms with E-state index in [2.05, 4.69) is 85.8 Å². The van der Waals surface area contributed by atoms with Gasteiger partial charge in [-0.05, 0) is 47.5 Å². The Morgan fingerprint density at radius 1 is 0.825 bits per heavy atom. The topological polar surface area (TPSA) is 84.5 Å². The van der Waals surface area contributed by atoms with E-state index in [1.807, 2.05) is 48.8 Å². The van der Waals surface area contributed by atoms with Crippen molar-refractivity contribution in [3.63, 3.8) is 0 Å². The second kappa shape index (κ2) is 17.4. The lowest BCUT2D eigenvalue weighted by Gasteiger charge is -2.24. The van der Waals surface area contributed by atoms with Crippen LogP contribution in [0.5, 0.6) is 0 Å². The third-order valence-electron chi connectivity index (χ3n) is 7.04. The first-order chi connectivity index (χ1) is 19.8. The zero-order valence-corrected chi connectivity index (χ0v) is 23.4. The summed E-state index contributed by atoms with van der Waals surface area (Å²) in [5.74, 6) is 0. The number of rotatable bonds is 18. The minimum atomic E-state index is 0.0407. The molecule has 7 nitrogen and oxygen atoms in total. The maximum Gasteiger partial charge on any atom is 0.0587 e. The van der Waals surface area contributed by atoms with Crippen LogP contribution >= 0.6 is 0 Å². The van der Waals surface area contributed by atoms with Crippen molar-refractivity contribution in [2.75, 3.05) is 39.3 Å². The molecule has 0 saturated heterocycles. The summed E-state index contributed by atoms with van der Waals surface area (Å²) in [4.78, 5) is 6.90. The number of allylic oxidation sites excluding steroid dienone is 2. The van der Waals surface area contributed by atoms with Crippen molar-refractivity contribution in [3.8, 4) is 0 Å². The van der Waals surface area contributed by atoms with Gasteiger partial charge in [0.05, 0.1) is 18.3 Å². The molecular formula is C33H44N6O. The van der Waals surface area contributed by atoms with E-state index in [1.165, 1.54) is 16.7 Å². The maximum atomic E-state index is 9.83. The molecule has 2 aromatic carbocycles. The highest BCUT2D eigenvalue weighted by atomic mass is 16.3. The molecule has 0 radical (unpaired) electrons. The number of aliphatic hydroxyl groups is 1. The van der Waals surface area contributed by atoms with Gasteiger partial charge in [0.15, 0.2) is 0 Å². The number of hydrogen-bond donors (Lipinski definition) is 5. The number of benzene rings is 2. The summed E-state index contributed by atoms with van der Waals surface area (Å²) in [7, 11) is 0. The summed E-state index contributed by atoms with van der Waals surface area (Å²) in [6.45, 7) is 7.21. The van der Waals surface area contributed by atoms with Gasteiger partial charge in [0.25, 0.3) is 0 Å². The molecule has 0 spiro atoms. The highest BCUT2D eigenvalue weighted by Gasteiger charge is 2.10. The Bertz CT molecular complexity index is 1140. The molecule has 1 aromatic heterocycles. The van der Waals surface area contributed by atoms with Gasteiger partial charge in [-0.3, -0.25) is 9.88 Å². The number of dihydropyridines is 1. The predicted molar refractivity (Wildman–Crippen MR) is 164 cm³/mol. The third-order valence-corrected chi connectivity index (χ3v) is 7.04. The van der Waals surface area contributed by atoms with Crippen molar-refractivity contribution >= 4 is 0 Å². The Labute approximate surface area is 239 Å². The first kappa shape index (κ1) is 29.6. The molecule has 3 aromatic rings. The average Bonchev–Trinajstić information content (AvgIpc) is 3.01. The van der Waals surface area contributed by atoms with Gasteiger partial charge in [-0.2, -0.15) is 0 Å². The molecule has 2 heterocycles. The Hall–Kier alpha value is -3.33. The van der Waals surface area contributed by atoms with E-state index in [0.29, 0.717) is 6.04 Å². The minimum absolute atomic E-state index is 0.0407. The maximum absolute atomic E-state index is 9.83. The minimum Gasteiger partial charge on any atom is -0.395 e. The lowest BCUT2D eigenvalue weighted by atomic mass is 10.1. The molecule has 212 valence electrons. The van der Waals surface area contributed by atoms with E-state index in [1.54, 1.807) is 0 Å². The molecule has 40 heavy (non-hydrogen) atoms. The van der Waals surface area contributed by atoms with Gasteiger partial charge in [-0.15, -0.1) is 0 Å². The monoisotopic (exact) mass is 540 g/mol. The zero-order chi connectivity index (χ0) is 27.7. The van der Waals surface area contributed by atoms with Crippen LogP contribution in [0.25, 0.3) is 0 Å². The van der Waals surface area contributed by atoms with Crippen molar-refractivity contribution in [2.24, 2.45) is 0 Å². The van der Waals surface area contributed by atoms with Crippen molar-refractivity contribution in [1.29, 1.82) is 0 Å². The lowest BCUT2D eigenvalue weighted by molar-refractivity contribution is 0.241. The van der Waals surface area contributed by atoms with Gasteiger partial charge in [0, 0.05) is 64.6 Å². The van der Waals surface area contributed by atoms with Gasteiger partial charge >= 0.3 is 0 Å². The normalized spacial score (nSPS) is 15.3. The molecule has 0 bridgehead atoms. The van der Waals surface area contributed by atoms with Crippen molar-refractivity contribution in [1.82, 2.24) is 31.2 Å². The fourth-order valence-electron chi connectivity index (χ4n) is 4.72. The van der Waals surface area contributed by atoms with Gasteiger partial charge in [-0.25, -0.2) is 0 Å². The number of pyridine rings is 1. The van der Waals surface area contributed by atoms with E-state index >= 15 is 0 Å². The van der Waals surface area contributed by atoms with Crippen molar-refractivity contribution < 1.29 is 5.11 Å². The largest absolute Gasteiger partial charge is 0.395 e. The molecule has 0 amide bonds. The molecule has 0 fully saturated rings. The van der Waals surface area contributed by atoms with Crippen LogP contribution in [0.2, 0.25) is 0 Å². The van der Waals surface area contributed by atoms with Gasteiger partial charge in [0.1, 0.15) is 0 Å². The highest BCUT2D eigenvalue weighted by molar-refractivity contribution is 5.23. The second-order valence-corrected chi connectivity index (χ2v) is 10.3. The standard InChI is InChI=1S/C33H44N6O/c40-27-33(22-28-8-2-1-3-9-28)38-23-29-12-14-30(15-13-29)26-39(20-18-34-24-31-10-4-6-16-36-31)21-19-35-25-32-11-5-7-17-37-32/h1-17,31,33-36,38,40H,18-27H2/t31?,33-/m0/s1. The molecular weight excluding hydrogens is 496 g/mol. The number of aliphatic hydroxyl groups excluding tert-OH is 1. The van der Waals surface area contributed by atoms with Gasteiger partial charge in [-0.1, -0.05) is 72.8 Å². The summed E-state index contributed by atoms with van der Waals surface area (Å²) < 4.78 is 0. The quantitative estimate of drug-likeness (QED) is 0.159. The van der Waals surface area contributed by atoms with E-state index in [-0.39, 0.29) is 12.6 Å². The molecule has 2 atom stereocenters. The van der Waals surface area contributed by atoms with Crippen LogP contribution in [-0.4, -0.2) is 66.4 Å². The summed E-state index contributed by atoms with van der Waals surface area (Å²) in [5, 5.41) is 23.8. The number of hydrogen-bond acceptors (Lipinski definition) is 7. The second-order valence-electron chi connectivity index (χ2n) is 10.3. The van der Waals surface area contributed by atoms with Crippen LogP contribution in [0.1, 0.15) is 22.4 Å². The molecule has 5 N–H and O–H groups in total. The van der Waals surface area contributed by atoms with E-state index in [0.717, 1.165) is 64.5 Å². The summed E-state index contributed by atoms with van der Waals surface area (Å²) in [5.41, 5.74) is 4.83. The molecule has 4 rings (SSSR count). The highest BCUT2D eigenvalue weighted by Crippen LogP contribution is 2.09. The SMILES string of the molecule is OC[C@H](Cc1ccccc1)NCc1ccc(CN(CCNCc2ccccn2)CCNCC2C=CC=CN2)cc1. The fourth-order valence-corrected chi connectivity index (χ4v) is 4.72. The molecule has 1 aliphatic rings. The lowest BCUT2D eigenvalue weighted by Crippen LogP contribution is -2.40. The molecule has 1 aliphatic heterocycles. The van der Waals surface area contributed by atoms with E-state index in [4.69, 9.17) is 0 Å². The summed E-state index contributed by atoms with van der Waals surface area (Å²) in [6, 6.07) is 25.6. The van der Waals surface area contributed by atoms with Gasteiger partial charge < -0.3 is 26.4 Å². The van der Waals surface area contributed by atoms with Crippen LogP contribution in [0.3, 0.4) is 0 Å². The van der Waals surface area contributed by atoms with Crippen LogP contribution < -0.4 is 21.3 Å². The first-order valence-electron chi connectivity index (χ1n) is 14.4. The molecule has 0 saturated carbocycles. The number of nitrogens with one attached hydrogen (secondary N) is 4.